The highest BCUT2D eigenvalue weighted by molar-refractivity contribution is 6.18. The molecule has 0 unspecified atom stereocenters. The van der Waals surface area contributed by atoms with Crippen LogP contribution in [0.1, 0.15) is 20.3 Å². The molecule has 0 saturated carbocycles. The molecule has 0 aliphatic carbocycles. The van der Waals surface area contributed by atoms with Crippen molar-refractivity contribution in [3.8, 4) is 0 Å². The van der Waals surface area contributed by atoms with E-state index in [1.807, 2.05) is 0 Å². The van der Waals surface area contributed by atoms with E-state index in [2.05, 4.69) is 13.8 Å². The third kappa shape index (κ3) is 8.54. The SMILES string of the molecule is CC(C)C[C@H](N)CCl.Cl. The van der Waals surface area contributed by atoms with Crippen molar-refractivity contribution in [3.63, 3.8) is 0 Å². The second-order valence-corrected chi connectivity index (χ2v) is 2.85. The van der Waals surface area contributed by atoms with Crippen LogP contribution in [0, 0.1) is 5.92 Å². The zero-order valence-electron chi connectivity index (χ0n) is 5.93. The monoisotopic (exact) mass is 171 g/mol. The average Bonchev–Trinajstić information content (AvgIpc) is 1.65. The van der Waals surface area contributed by atoms with Crippen LogP contribution in [-0.4, -0.2) is 11.9 Å². The van der Waals surface area contributed by atoms with Crippen LogP contribution in [-0.2, 0) is 0 Å². The minimum atomic E-state index is 0. The molecule has 0 aromatic carbocycles. The molecule has 58 valence electrons. The molecule has 0 radical (unpaired) electrons. The lowest BCUT2D eigenvalue weighted by molar-refractivity contribution is 0.523. The summed E-state index contributed by atoms with van der Waals surface area (Å²) in [6, 6.07) is 0.191. The van der Waals surface area contributed by atoms with E-state index in [0.717, 1.165) is 6.42 Å². The van der Waals surface area contributed by atoms with Crippen molar-refractivity contribution < 1.29 is 0 Å². The Hall–Kier alpha value is 0.540. The number of hydrogen-bond acceptors (Lipinski definition) is 1. The Morgan fingerprint density at radius 2 is 1.89 bits per heavy atom. The van der Waals surface area contributed by atoms with Gasteiger partial charge < -0.3 is 5.73 Å². The maximum atomic E-state index is 5.54. The van der Waals surface area contributed by atoms with Gasteiger partial charge in [0, 0.05) is 11.9 Å². The smallest absolute Gasteiger partial charge is 0.0375 e. The van der Waals surface area contributed by atoms with Crippen LogP contribution >= 0.6 is 24.0 Å². The first-order valence-corrected chi connectivity index (χ1v) is 3.51. The Kier molecular flexibility index (Phi) is 9.05. The van der Waals surface area contributed by atoms with E-state index in [1.165, 1.54) is 0 Å². The summed E-state index contributed by atoms with van der Waals surface area (Å²) in [5.41, 5.74) is 5.54. The van der Waals surface area contributed by atoms with Crippen LogP contribution in [0.4, 0.5) is 0 Å². The minimum Gasteiger partial charge on any atom is -0.327 e. The van der Waals surface area contributed by atoms with Gasteiger partial charge in [-0.25, -0.2) is 0 Å². The minimum absolute atomic E-state index is 0. The van der Waals surface area contributed by atoms with E-state index in [0.29, 0.717) is 11.8 Å². The Morgan fingerprint density at radius 1 is 1.44 bits per heavy atom. The lowest BCUT2D eigenvalue weighted by Gasteiger charge is -2.08. The Balaban J connectivity index is 0. The number of alkyl halides is 1. The van der Waals surface area contributed by atoms with Gasteiger partial charge in [-0.3, -0.25) is 0 Å². The molecule has 0 aliphatic heterocycles. The van der Waals surface area contributed by atoms with Crippen molar-refractivity contribution in [1.82, 2.24) is 0 Å². The molecule has 0 aromatic heterocycles. The lowest BCUT2D eigenvalue weighted by Crippen LogP contribution is -2.23. The molecular weight excluding hydrogens is 157 g/mol. The first-order valence-electron chi connectivity index (χ1n) is 2.98. The van der Waals surface area contributed by atoms with Gasteiger partial charge in [-0.1, -0.05) is 13.8 Å². The van der Waals surface area contributed by atoms with Gasteiger partial charge in [-0.2, -0.15) is 0 Å². The number of nitrogens with two attached hydrogens (primary N) is 1. The summed E-state index contributed by atoms with van der Waals surface area (Å²) in [7, 11) is 0. The predicted molar refractivity (Wildman–Crippen MR) is 45.4 cm³/mol. The quantitative estimate of drug-likeness (QED) is 0.647. The summed E-state index contributed by atoms with van der Waals surface area (Å²) < 4.78 is 0. The third-order valence-electron chi connectivity index (χ3n) is 0.972. The molecule has 0 amide bonds. The van der Waals surface area contributed by atoms with Crippen molar-refractivity contribution in [2.75, 3.05) is 5.88 Å². The molecule has 0 aliphatic rings. The molecule has 0 heterocycles. The van der Waals surface area contributed by atoms with Gasteiger partial charge in [-0.15, -0.1) is 24.0 Å². The summed E-state index contributed by atoms with van der Waals surface area (Å²) in [5.74, 6) is 1.25. The predicted octanol–water partition coefficient (Wildman–Crippen LogP) is 2.02. The van der Waals surface area contributed by atoms with Crippen molar-refractivity contribution in [2.45, 2.75) is 26.3 Å². The first kappa shape index (κ1) is 12.2. The molecule has 0 saturated heterocycles. The topological polar surface area (TPSA) is 26.0 Å². The van der Waals surface area contributed by atoms with Crippen molar-refractivity contribution in [1.29, 1.82) is 0 Å². The van der Waals surface area contributed by atoms with Gasteiger partial charge in [0.15, 0.2) is 0 Å². The molecule has 1 atom stereocenters. The fraction of sp³-hybridized carbons (Fsp3) is 1.00. The van der Waals surface area contributed by atoms with E-state index in [1.54, 1.807) is 0 Å². The second kappa shape index (κ2) is 6.66. The molecule has 0 bridgehead atoms. The van der Waals surface area contributed by atoms with Gasteiger partial charge in [-0.05, 0) is 12.3 Å². The van der Waals surface area contributed by atoms with E-state index < -0.39 is 0 Å². The van der Waals surface area contributed by atoms with E-state index in [4.69, 9.17) is 17.3 Å². The molecule has 3 heteroatoms. The molecule has 0 rings (SSSR count). The van der Waals surface area contributed by atoms with Crippen molar-refractivity contribution in [2.24, 2.45) is 11.7 Å². The van der Waals surface area contributed by atoms with Gasteiger partial charge in [0.05, 0.1) is 0 Å². The number of halogens is 2. The fourth-order valence-electron chi connectivity index (χ4n) is 0.668. The van der Waals surface area contributed by atoms with Gasteiger partial charge in [0.1, 0.15) is 0 Å². The number of hydrogen-bond donors (Lipinski definition) is 1. The second-order valence-electron chi connectivity index (χ2n) is 2.54. The Labute approximate surface area is 68.4 Å². The maximum absolute atomic E-state index is 5.54. The van der Waals surface area contributed by atoms with Crippen LogP contribution in [0.5, 0.6) is 0 Å². The Morgan fingerprint density at radius 3 is 2.00 bits per heavy atom. The zero-order valence-corrected chi connectivity index (χ0v) is 7.50. The standard InChI is InChI=1S/C6H14ClN.ClH/c1-5(2)3-6(8)4-7;/h5-6H,3-4,8H2,1-2H3;1H/t6-;/m0./s1. The first-order chi connectivity index (χ1) is 3.66. The molecule has 1 nitrogen and oxygen atoms in total. The summed E-state index contributed by atoms with van der Waals surface area (Å²) >= 11 is 5.47. The number of rotatable bonds is 3. The van der Waals surface area contributed by atoms with Gasteiger partial charge >= 0.3 is 0 Å². The molecule has 2 N–H and O–H groups in total. The molecule has 0 fully saturated rings. The van der Waals surface area contributed by atoms with Crippen molar-refractivity contribution >= 4 is 24.0 Å². The third-order valence-corrected chi connectivity index (χ3v) is 1.37. The summed E-state index contributed by atoms with van der Waals surface area (Å²) in [6.07, 6.45) is 1.03. The molecule has 9 heavy (non-hydrogen) atoms. The van der Waals surface area contributed by atoms with Crippen LogP contribution in [0.15, 0.2) is 0 Å². The molecule has 0 spiro atoms. The van der Waals surface area contributed by atoms with E-state index in [-0.39, 0.29) is 18.4 Å². The van der Waals surface area contributed by atoms with Gasteiger partial charge in [0.25, 0.3) is 0 Å². The fourth-order valence-corrected chi connectivity index (χ4v) is 0.794. The van der Waals surface area contributed by atoms with Gasteiger partial charge in [0.2, 0.25) is 0 Å². The van der Waals surface area contributed by atoms with E-state index in [9.17, 15) is 0 Å². The Bertz CT molecular complexity index is 57.0. The normalized spacial score (nSPS) is 13.0. The zero-order chi connectivity index (χ0) is 6.57. The van der Waals surface area contributed by atoms with Crippen LogP contribution in [0.25, 0.3) is 0 Å². The van der Waals surface area contributed by atoms with Crippen LogP contribution in [0.2, 0.25) is 0 Å². The highest BCUT2D eigenvalue weighted by Gasteiger charge is 2.01. The highest BCUT2D eigenvalue weighted by atomic mass is 35.5. The molecule has 0 aromatic rings. The van der Waals surface area contributed by atoms with E-state index >= 15 is 0 Å². The summed E-state index contributed by atoms with van der Waals surface area (Å²) in [4.78, 5) is 0. The molecular formula is C6H15Cl2N. The maximum Gasteiger partial charge on any atom is 0.0375 e. The lowest BCUT2D eigenvalue weighted by atomic mass is 10.1. The average molecular weight is 172 g/mol. The largest absolute Gasteiger partial charge is 0.327 e. The highest BCUT2D eigenvalue weighted by Crippen LogP contribution is 2.02. The summed E-state index contributed by atoms with van der Waals surface area (Å²) in [5, 5.41) is 0. The summed E-state index contributed by atoms with van der Waals surface area (Å²) in [6.45, 7) is 4.29. The van der Waals surface area contributed by atoms with Crippen LogP contribution in [0.3, 0.4) is 0 Å². The van der Waals surface area contributed by atoms with Crippen molar-refractivity contribution in [3.05, 3.63) is 0 Å². The van der Waals surface area contributed by atoms with Crippen LogP contribution < -0.4 is 5.73 Å².